The number of carboxylic acid groups (broad SMARTS) is 1. The molecule has 2 N–H and O–H groups in total. The maximum absolute atomic E-state index is 12.0. The number of benzene rings is 1. The second kappa shape index (κ2) is 6.70. The third-order valence-corrected chi connectivity index (χ3v) is 3.12. The average Bonchev–Trinajstić information content (AvgIpc) is 3.02. The van der Waals surface area contributed by atoms with Gasteiger partial charge in [0.25, 0.3) is 0 Å². The molecule has 1 aromatic carbocycles. The van der Waals surface area contributed by atoms with Gasteiger partial charge in [-0.3, -0.25) is 4.79 Å². The molecule has 116 valence electrons. The zero-order valence-corrected chi connectivity index (χ0v) is 12.3. The van der Waals surface area contributed by atoms with Crippen LogP contribution in [0.25, 0.3) is 5.69 Å². The molecule has 0 radical (unpaired) electrons. The molecule has 2 amide bonds. The van der Waals surface area contributed by atoms with Gasteiger partial charge in [-0.2, -0.15) is 0 Å². The first-order chi connectivity index (χ1) is 10.5. The fraction of sp³-hybridized carbons (Fsp3) is 0.286. The van der Waals surface area contributed by atoms with Crippen molar-refractivity contribution in [3.05, 3.63) is 36.7 Å². The van der Waals surface area contributed by atoms with Crippen LogP contribution in [0.5, 0.6) is 0 Å². The number of nitrogens with one attached hydrogen (secondary N) is 1. The highest BCUT2D eigenvalue weighted by molar-refractivity contribution is 5.89. The van der Waals surface area contributed by atoms with E-state index in [9.17, 15) is 9.59 Å². The van der Waals surface area contributed by atoms with Crippen LogP contribution in [-0.2, 0) is 4.79 Å². The predicted octanol–water partition coefficient (Wildman–Crippen LogP) is 1.45. The standard InChI is InChI=1S/C14H17N5O3/c1-10(13(20)21)9-18(2)14(22)16-11-3-5-12(6-4-11)19-8-7-15-17-19/h3-8,10H,9H2,1-2H3,(H,16,22)(H,20,21). The summed E-state index contributed by atoms with van der Waals surface area (Å²) >= 11 is 0. The number of hydrogen-bond donors (Lipinski definition) is 2. The van der Waals surface area contributed by atoms with E-state index in [1.165, 1.54) is 4.90 Å². The summed E-state index contributed by atoms with van der Waals surface area (Å²) in [4.78, 5) is 24.1. The van der Waals surface area contributed by atoms with Crippen molar-refractivity contribution in [1.82, 2.24) is 19.9 Å². The number of carbonyl (C=O) groups excluding carboxylic acids is 1. The van der Waals surface area contributed by atoms with Crippen LogP contribution < -0.4 is 5.32 Å². The van der Waals surface area contributed by atoms with Crippen LogP contribution in [0.3, 0.4) is 0 Å². The monoisotopic (exact) mass is 303 g/mol. The van der Waals surface area contributed by atoms with Gasteiger partial charge < -0.3 is 15.3 Å². The number of urea groups is 1. The Morgan fingerprint density at radius 3 is 2.59 bits per heavy atom. The first-order valence-electron chi connectivity index (χ1n) is 6.69. The molecular formula is C14H17N5O3. The Kier molecular flexibility index (Phi) is 4.72. The van der Waals surface area contributed by atoms with Gasteiger partial charge in [0.1, 0.15) is 0 Å². The zero-order valence-electron chi connectivity index (χ0n) is 12.3. The molecule has 0 bridgehead atoms. The van der Waals surface area contributed by atoms with Gasteiger partial charge in [0.15, 0.2) is 0 Å². The molecular weight excluding hydrogens is 286 g/mol. The molecule has 2 aromatic rings. The molecule has 2 rings (SSSR count). The van der Waals surface area contributed by atoms with Crippen molar-refractivity contribution in [3.63, 3.8) is 0 Å². The summed E-state index contributed by atoms with van der Waals surface area (Å²) < 4.78 is 1.60. The van der Waals surface area contributed by atoms with Crippen molar-refractivity contribution in [2.75, 3.05) is 18.9 Å². The second-order valence-electron chi connectivity index (χ2n) is 4.94. The molecule has 0 saturated heterocycles. The van der Waals surface area contributed by atoms with Crippen LogP contribution in [-0.4, -0.2) is 50.6 Å². The lowest BCUT2D eigenvalue weighted by molar-refractivity contribution is -0.141. The minimum Gasteiger partial charge on any atom is -0.481 e. The Bertz CT molecular complexity index is 639. The van der Waals surface area contributed by atoms with Crippen LogP contribution in [0.1, 0.15) is 6.92 Å². The molecule has 0 fully saturated rings. The fourth-order valence-electron chi connectivity index (χ4n) is 1.83. The van der Waals surface area contributed by atoms with E-state index in [1.54, 1.807) is 55.3 Å². The first kappa shape index (κ1) is 15.5. The summed E-state index contributed by atoms with van der Waals surface area (Å²) in [5.41, 5.74) is 1.44. The van der Waals surface area contributed by atoms with Crippen molar-refractivity contribution in [2.45, 2.75) is 6.92 Å². The molecule has 8 nitrogen and oxygen atoms in total. The summed E-state index contributed by atoms with van der Waals surface area (Å²) in [5, 5.41) is 19.2. The Morgan fingerprint density at radius 2 is 2.05 bits per heavy atom. The average molecular weight is 303 g/mol. The molecule has 0 saturated carbocycles. The van der Waals surface area contributed by atoms with Gasteiger partial charge in [0, 0.05) is 19.3 Å². The molecule has 0 aliphatic rings. The SMILES string of the molecule is CC(CN(C)C(=O)Nc1ccc(-n2ccnn2)cc1)C(=O)O. The summed E-state index contributed by atoms with van der Waals surface area (Å²) in [6.45, 7) is 1.69. The quantitative estimate of drug-likeness (QED) is 0.870. The van der Waals surface area contributed by atoms with Crippen LogP contribution >= 0.6 is 0 Å². The number of hydrogen-bond acceptors (Lipinski definition) is 4. The number of carboxylic acids is 1. The molecule has 0 aliphatic heterocycles. The van der Waals surface area contributed by atoms with Gasteiger partial charge in [-0.1, -0.05) is 12.1 Å². The van der Waals surface area contributed by atoms with Crippen molar-refractivity contribution in [1.29, 1.82) is 0 Å². The number of amides is 2. The Morgan fingerprint density at radius 1 is 1.36 bits per heavy atom. The van der Waals surface area contributed by atoms with Gasteiger partial charge in [0.2, 0.25) is 0 Å². The largest absolute Gasteiger partial charge is 0.481 e. The Balaban J connectivity index is 1.95. The third-order valence-electron chi connectivity index (χ3n) is 3.12. The van der Waals surface area contributed by atoms with Crippen molar-refractivity contribution in [3.8, 4) is 5.69 Å². The second-order valence-corrected chi connectivity index (χ2v) is 4.94. The highest BCUT2D eigenvalue weighted by Gasteiger charge is 2.17. The summed E-state index contributed by atoms with van der Waals surface area (Å²) in [6.07, 6.45) is 3.29. The molecule has 8 heteroatoms. The molecule has 1 aromatic heterocycles. The normalized spacial score (nSPS) is 11.7. The minimum absolute atomic E-state index is 0.137. The predicted molar refractivity (Wildman–Crippen MR) is 79.8 cm³/mol. The number of aliphatic carboxylic acids is 1. The van der Waals surface area contributed by atoms with Crippen LogP contribution in [0.4, 0.5) is 10.5 Å². The van der Waals surface area contributed by atoms with E-state index in [1.807, 2.05) is 0 Å². The number of rotatable bonds is 5. The molecule has 0 aliphatic carbocycles. The molecule has 1 unspecified atom stereocenters. The Hall–Kier alpha value is -2.90. The van der Waals surface area contributed by atoms with E-state index in [0.29, 0.717) is 5.69 Å². The lowest BCUT2D eigenvalue weighted by atomic mass is 10.2. The number of nitrogens with zero attached hydrogens (tertiary/aromatic N) is 4. The maximum Gasteiger partial charge on any atom is 0.321 e. The van der Waals surface area contributed by atoms with E-state index >= 15 is 0 Å². The Labute approximate surface area is 127 Å². The smallest absolute Gasteiger partial charge is 0.321 e. The van der Waals surface area contributed by atoms with Crippen molar-refractivity contribution >= 4 is 17.7 Å². The van der Waals surface area contributed by atoms with Gasteiger partial charge in [-0.05, 0) is 24.3 Å². The van der Waals surface area contributed by atoms with Crippen LogP contribution in [0, 0.1) is 5.92 Å². The molecule has 0 spiro atoms. The van der Waals surface area contributed by atoms with Gasteiger partial charge in [0.05, 0.1) is 24.0 Å². The third kappa shape index (κ3) is 3.81. The number of aromatic nitrogens is 3. The lowest BCUT2D eigenvalue weighted by Crippen LogP contribution is -2.36. The zero-order chi connectivity index (χ0) is 16.1. The van der Waals surface area contributed by atoms with Gasteiger partial charge in [-0.15, -0.1) is 5.10 Å². The minimum atomic E-state index is -0.933. The lowest BCUT2D eigenvalue weighted by Gasteiger charge is -2.20. The van der Waals surface area contributed by atoms with E-state index in [-0.39, 0.29) is 12.6 Å². The summed E-state index contributed by atoms with van der Waals surface area (Å²) in [7, 11) is 1.55. The topological polar surface area (TPSA) is 100 Å². The van der Waals surface area contributed by atoms with E-state index in [0.717, 1.165) is 5.69 Å². The summed E-state index contributed by atoms with van der Waals surface area (Å²) in [6, 6.07) is 6.71. The van der Waals surface area contributed by atoms with Gasteiger partial charge >= 0.3 is 12.0 Å². The van der Waals surface area contributed by atoms with E-state index in [4.69, 9.17) is 5.11 Å². The molecule has 22 heavy (non-hydrogen) atoms. The maximum atomic E-state index is 12.0. The van der Waals surface area contributed by atoms with E-state index in [2.05, 4.69) is 15.6 Å². The highest BCUT2D eigenvalue weighted by Crippen LogP contribution is 2.13. The molecule has 1 atom stereocenters. The fourth-order valence-corrected chi connectivity index (χ4v) is 1.83. The molecule has 1 heterocycles. The van der Waals surface area contributed by atoms with Gasteiger partial charge in [-0.25, -0.2) is 9.48 Å². The highest BCUT2D eigenvalue weighted by atomic mass is 16.4. The van der Waals surface area contributed by atoms with E-state index < -0.39 is 11.9 Å². The summed E-state index contributed by atoms with van der Waals surface area (Å²) in [5.74, 6) is -1.55. The van der Waals surface area contributed by atoms with Crippen molar-refractivity contribution in [2.24, 2.45) is 5.92 Å². The van der Waals surface area contributed by atoms with Crippen LogP contribution in [0.2, 0.25) is 0 Å². The van der Waals surface area contributed by atoms with Crippen LogP contribution in [0.15, 0.2) is 36.7 Å². The first-order valence-corrected chi connectivity index (χ1v) is 6.69. The number of carbonyl (C=O) groups is 2. The number of anilines is 1. The van der Waals surface area contributed by atoms with Crippen molar-refractivity contribution < 1.29 is 14.7 Å².